The van der Waals surface area contributed by atoms with Crippen LogP contribution < -0.4 is 4.57 Å². The van der Waals surface area contributed by atoms with Crippen LogP contribution in [0, 0.1) is 6.92 Å². The molecule has 1 aromatic rings. The zero-order chi connectivity index (χ0) is 8.27. The molecular formula is C9H15N2+. The van der Waals surface area contributed by atoms with E-state index in [9.17, 15) is 0 Å². The second kappa shape index (κ2) is 3.37. The van der Waals surface area contributed by atoms with E-state index >= 15 is 0 Å². The van der Waals surface area contributed by atoms with Crippen LogP contribution in [0.15, 0.2) is 18.5 Å². The maximum atomic E-state index is 2.15. The minimum absolute atomic E-state index is 1.08. The van der Waals surface area contributed by atoms with Gasteiger partial charge in [-0.1, -0.05) is 6.92 Å². The number of aromatic nitrogens is 2. The van der Waals surface area contributed by atoms with Crippen LogP contribution in [-0.4, -0.2) is 4.57 Å². The minimum atomic E-state index is 1.08. The first-order valence-electron chi connectivity index (χ1n) is 3.95. The van der Waals surface area contributed by atoms with Gasteiger partial charge < -0.3 is 0 Å². The van der Waals surface area contributed by atoms with Gasteiger partial charge in [-0.15, -0.1) is 0 Å². The number of imidazole rings is 1. The van der Waals surface area contributed by atoms with Crippen LogP contribution in [0.1, 0.15) is 19.2 Å². The molecule has 0 aromatic carbocycles. The van der Waals surface area contributed by atoms with Crippen molar-refractivity contribution in [3.8, 4) is 0 Å². The Morgan fingerprint density at radius 3 is 2.82 bits per heavy atom. The van der Waals surface area contributed by atoms with Crippen molar-refractivity contribution < 1.29 is 4.57 Å². The molecule has 0 spiro atoms. The van der Waals surface area contributed by atoms with Gasteiger partial charge in [0.15, 0.2) is 0 Å². The summed E-state index contributed by atoms with van der Waals surface area (Å²) in [6, 6.07) is 0. The van der Waals surface area contributed by atoms with Gasteiger partial charge in [-0.2, -0.15) is 0 Å². The Kier molecular flexibility index (Phi) is 2.47. The summed E-state index contributed by atoms with van der Waals surface area (Å²) in [7, 11) is 2.05. The van der Waals surface area contributed by atoms with Gasteiger partial charge in [0.2, 0.25) is 0 Å². The van der Waals surface area contributed by atoms with E-state index in [-0.39, 0.29) is 0 Å². The number of hydrogen-bond acceptors (Lipinski definition) is 0. The second-order valence-corrected chi connectivity index (χ2v) is 2.66. The summed E-state index contributed by atoms with van der Waals surface area (Å²) in [5.74, 6) is 1.25. The van der Waals surface area contributed by atoms with E-state index in [1.807, 2.05) is 7.05 Å². The maximum absolute atomic E-state index is 2.15. The highest BCUT2D eigenvalue weighted by Gasteiger charge is 2.03. The molecule has 0 unspecified atom stereocenters. The van der Waals surface area contributed by atoms with Crippen molar-refractivity contribution in [3.05, 3.63) is 24.3 Å². The molecule has 0 aliphatic carbocycles. The predicted molar refractivity (Wildman–Crippen MR) is 46.0 cm³/mol. The van der Waals surface area contributed by atoms with E-state index in [1.54, 1.807) is 0 Å². The average molecular weight is 151 g/mol. The first-order chi connectivity index (χ1) is 5.25. The van der Waals surface area contributed by atoms with Gasteiger partial charge in [-0.3, -0.25) is 0 Å². The Morgan fingerprint density at radius 1 is 1.64 bits per heavy atom. The van der Waals surface area contributed by atoms with Crippen molar-refractivity contribution in [1.82, 2.24) is 4.57 Å². The zero-order valence-electron chi connectivity index (χ0n) is 7.41. The van der Waals surface area contributed by atoms with Gasteiger partial charge in [0.25, 0.3) is 5.82 Å². The third kappa shape index (κ3) is 1.70. The lowest BCUT2D eigenvalue weighted by atomic mass is 10.5. The fourth-order valence-electron chi connectivity index (χ4n) is 0.946. The Labute approximate surface area is 67.8 Å². The van der Waals surface area contributed by atoms with E-state index < -0.39 is 0 Å². The molecule has 0 amide bonds. The first-order valence-corrected chi connectivity index (χ1v) is 3.95. The largest absolute Gasteiger partial charge is 0.257 e. The number of nitrogens with zero attached hydrogens (tertiary/aromatic N) is 2. The minimum Gasteiger partial charge on any atom is -0.237 e. The SMILES string of the molecule is CCC=Cn1cc[n+](C)c1C. The Hall–Kier alpha value is -1.05. The van der Waals surface area contributed by atoms with Crippen molar-refractivity contribution in [2.75, 3.05) is 0 Å². The van der Waals surface area contributed by atoms with Gasteiger partial charge in [-0.05, 0) is 12.5 Å². The van der Waals surface area contributed by atoms with Crippen LogP contribution in [0.5, 0.6) is 0 Å². The van der Waals surface area contributed by atoms with Gasteiger partial charge in [0, 0.05) is 6.92 Å². The smallest absolute Gasteiger partial charge is 0.237 e. The molecule has 60 valence electrons. The zero-order valence-corrected chi connectivity index (χ0v) is 7.41. The fraction of sp³-hybridized carbons (Fsp3) is 0.444. The van der Waals surface area contributed by atoms with Crippen LogP contribution in [0.4, 0.5) is 0 Å². The molecule has 1 rings (SSSR count). The fourth-order valence-corrected chi connectivity index (χ4v) is 0.946. The van der Waals surface area contributed by atoms with Crippen LogP contribution in [0.3, 0.4) is 0 Å². The molecule has 2 heteroatoms. The molecule has 0 saturated carbocycles. The Bertz CT molecular complexity index is 259. The van der Waals surface area contributed by atoms with Crippen molar-refractivity contribution in [2.45, 2.75) is 20.3 Å². The molecule has 1 aromatic heterocycles. The number of aryl methyl sites for hydroxylation is 1. The third-order valence-electron chi connectivity index (χ3n) is 1.84. The highest BCUT2D eigenvalue weighted by Crippen LogP contribution is 1.94. The summed E-state index contributed by atoms with van der Waals surface area (Å²) in [6.45, 7) is 4.23. The van der Waals surface area contributed by atoms with Crippen LogP contribution in [-0.2, 0) is 7.05 Å². The molecule has 0 bridgehead atoms. The summed E-state index contributed by atoms with van der Waals surface area (Å²) < 4.78 is 4.21. The summed E-state index contributed by atoms with van der Waals surface area (Å²) >= 11 is 0. The van der Waals surface area contributed by atoms with Crippen LogP contribution in [0.2, 0.25) is 0 Å². The van der Waals surface area contributed by atoms with Crippen LogP contribution >= 0.6 is 0 Å². The molecule has 0 aliphatic rings. The molecule has 0 radical (unpaired) electrons. The predicted octanol–water partition coefficient (Wildman–Crippen LogP) is 1.50. The Balaban J connectivity index is 2.87. The van der Waals surface area contributed by atoms with Gasteiger partial charge in [-0.25, -0.2) is 9.13 Å². The molecule has 2 nitrogen and oxygen atoms in total. The summed E-state index contributed by atoms with van der Waals surface area (Å²) in [5.41, 5.74) is 0. The van der Waals surface area contributed by atoms with E-state index in [2.05, 4.69) is 47.7 Å². The molecule has 0 N–H and O–H groups in total. The standard InChI is InChI=1S/C9H15N2/c1-4-5-6-11-8-7-10(3)9(11)2/h5-8H,4H2,1-3H3/q+1. The lowest BCUT2D eigenvalue weighted by molar-refractivity contribution is -0.676. The summed E-state index contributed by atoms with van der Waals surface area (Å²) in [5, 5.41) is 0. The lowest BCUT2D eigenvalue weighted by Crippen LogP contribution is -2.29. The van der Waals surface area contributed by atoms with Gasteiger partial charge in [0.1, 0.15) is 12.4 Å². The van der Waals surface area contributed by atoms with E-state index in [1.165, 1.54) is 5.82 Å². The molecule has 1 heterocycles. The lowest BCUT2D eigenvalue weighted by Gasteiger charge is -1.88. The summed E-state index contributed by atoms with van der Waals surface area (Å²) in [6.07, 6.45) is 9.43. The third-order valence-corrected chi connectivity index (χ3v) is 1.84. The topological polar surface area (TPSA) is 8.81 Å². The number of allylic oxidation sites excluding steroid dienone is 1. The van der Waals surface area contributed by atoms with E-state index in [0.29, 0.717) is 0 Å². The van der Waals surface area contributed by atoms with E-state index in [0.717, 1.165) is 6.42 Å². The monoisotopic (exact) mass is 151 g/mol. The van der Waals surface area contributed by atoms with Crippen molar-refractivity contribution in [3.63, 3.8) is 0 Å². The molecule has 11 heavy (non-hydrogen) atoms. The van der Waals surface area contributed by atoms with Crippen LogP contribution in [0.25, 0.3) is 6.20 Å². The molecule has 0 saturated heterocycles. The van der Waals surface area contributed by atoms with Gasteiger partial charge in [0.05, 0.1) is 13.2 Å². The average Bonchev–Trinajstić information content (AvgIpc) is 2.31. The quantitative estimate of drug-likeness (QED) is 0.566. The molecule has 0 atom stereocenters. The normalized spacial score (nSPS) is 11.2. The van der Waals surface area contributed by atoms with Crippen molar-refractivity contribution >= 4 is 6.20 Å². The number of hydrogen-bond donors (Lipinski definition) is 0. The van der Waals surface area contributed by atoms with E-state index in [4.69, 9.17) is 0 Å². The highest BCUT2D eigenvalue weighted by molar-refractivity contribution is 5.22. The molecule has 0 aliphatic heterocycles. The number of rotatable bonds is 2. The molecule has 0 fully saturated rings. The first kappa shape index (κ1) is 8.05. The highest BCUT2D eigenvalue weighted by atomic mass is 15.1. The molecular weight excluding hydrogens is 136 g/mol. The maximum Gasteiger partial charge on any atom is 0.257 e. The summed E-state index contributed by atoms with van der Waals surface area (Å²) in [4.78, 5) is 0. The Morgan fingerprint density at radius 2 is 2.36 bits per heavy atom. The van der Waals surface area contributed by atoms with Gasteiger partial charge >= 0.3 is 0 Å². The van der Waals surface area contributed by atoms with Crippen molar-refractivity contribution in [2.24, 2.45) is 7.05 Å². The second-order valence-electron chi connectivity index (χ2n) is 2.66. The van der Waals surface area contributed by atoms with Crippen molar-refractivity contribution in [1.29, 1.82) is 0 Å².